The zero-order chi connectivity index (χ0) is 17.8. The van der Waals surface area contributed by atoms with Crippen LogP contribution >= 0.6 is 0 Å². The van der Waals surface area contributed by atoms with Crippen molar-refractivity contribution in [2.75, 3.05) is 19.6 Å². The molecule has 1 aromatic carbocycles. The van der Waals surface area contributed by atoms with Crippen molar-refractivity contribution in [1.82, 2.24) is 15.2 Å². The van der Waals surface area contributed by atoms with E-state index in [9.17, 15) is 9.59 Å². The summed E-state index contributed by atoms with van der Waals surface area (Å²) < 4.78 is 0. The van der Waals surface area contributed by atoms with Crippen LogP contribution in [-0.4, -0.2) is 35.4 Å². The lowest BCUT2D eigenvalue weighted by Gasteiger charge is -2.32. The molecule has 1 fully saturated rings. The van der Waals surface area contributed by atoms with Crippen LogP contribution in [0.5, 0.6) is 0 Å². The molecule has 1 saturated heterocycles. The zero-order valence-electron chi connectivity index (χ0n) is 15.0. The summed E-state index contributed by atoms with van der Waals surface area (Å²) in [5.41, 5.74) is 1.68. The normalized spacial score (nSPS) is 18.6. The van der Waals surface area contributed by atoms with Crippen molar-refractivity contribution in [3.05, 3.63) is 46.2 Å². The van der Waals surface area contributed by atoms with Crippen molar-refractivity contribution in [3.63, 3.8) is 0 Å². The van der Waals surface area contributed by atoms with E-state index < -0.39 is 0 Å². The van der Waals surface area contributed by atoms with Crippen molar-refractivity contribution in [2.45, 2.75) is 33.2 Å². The molecule has 1 aliphatic rings. The molecule has 134 valence electrons. The second-order valence-electron chi connectivity index (χ2n) is 7.35. The lowest BCUT2D eigenvalue weighted by molar-refractivity contribution is -0.124. The highest BCUT2D eigenvalue weighted by Gasteiger charge is 2.21. The average Bonchev–Trinajstić information content (AvgIpc) is 2.60. The van der Waals surface area contributed by atoms with Crippen LogP contribution in [0.1, 0.15) is 32.3 Å². The highest BCUT2D eigenvalue weighted by atomic mass is 16.1. The predicted octanol–water partition coefficient (Wildman–Crippen LogP) is 2.51. The van der Waals surface area contributed by atoms with E-state index in [-0.39, 0.29) is 17.4 Å². The monoisotopic (exact) mass is 341 g/mol. The summed E-state index contributed by atoms with van der Waals surface area (Å²) in [7, 11) is 0. The summed E-state index contributed by atoms with van der Waals surface area (Å²) in [6.45, 7) is 7.13. The minimum absolute atomic E-state index is 0.00562. The number of likely N-dealkylation sites (tertiary alicyclic amines) is 1. The van der Waals surface area contributed by atoms with Crippen LogP contribution in [0.3, 0.4) is 0 Å². The number of rotatable bonds is 5. The number of piperidine rings is 1. The fraction of sp³-hybridized carbons (Fsp3) is 0.500. The molecule has 5 heteroatoms. The second-order valence-corrected chi connectivity index (χ2v) is 7.35. The number of carbonyl (C=O) groups is 1. The fourth-order valence-corrected chi connectivity index (χ4v) is 3.46. The number of aromatic amines is 1. The molecule has 25 heavy (non-hydrogen) atoms. The summed E-state index contributed by atoms with van der Waals surface area (Å²) in [6.07, 6.45) is 2.23. The van der Waals surface area contributed by atoms with Gasteiger partial charge in [-0.3, -0.25) is 14.5 Å². The first-order valence-corrected chi connectivity index (χ1v) is 9.14. The molecule has 2 heterocycles. The molecule has 0 aliphatic carbocycles. The van der Waals surface area contributed by atoms with E-state index in [1.54, 1.807) is 0 Å². The van der Waals surface area contributed by atoms with Crippen LogP contribution < -0.4 is 10.9 Å². The van der Waals surface area contributed by atoms with Gasteiger partial charge in [-0.2, -0.15) is 0 Å². The van der Waals surface area contributed by atoms with Crippen molar-refractivity contribution in [2.24, 2.45) is 11.8 Å². The maximum Gasteiger partial charge on any atom is 0.252 e. The van der Waals surface area contributed by atoms with Crippen LogP contribution in [0, 0.1) is 11.8 Å². The number of hydrogen-bond donors (Lipinski definition) is 2. The molecule has 0 spiro atoms. The third-order valence-corrected chi connectivity index (χ3v) is 4.92. The van der Waals surface area contributed by atoms with Gasteiger partial charge in [0.25, 0.3) is 5.56 Å². The molecule has 1 aromatic heterocycles. The number of H-pyrrole nitrogens is 1. The minimum Gasteiger partial charge on any atom is -0.356 e. The number of pyridine rings is 1. The molecule has 2 aromatic rings. The highest BCUT2D eigenvalue weighted by molar-refractivity contribution is 5.78. The topological polar surface area (TPSA) is 65.2 Å². The molecule has 5 nitrogen and oxygen atoms in total. The van der Waals surface area contributed by atoms with Gasteiger partial charge in [0.15, 0.2) is 0 Å². The van der Waals surface area contributed by atoms with Gasteiger partial charge in [0.05, 0.1) is 0 Å². The molecule has 3 rings (SSSR count). The Hall–Kier alpha value is -2.14. The van der Waals surface area contributed by atoms with Gasteiger partial charge in [0.2, 0.25) is 5.91 Å². The SMILES string of the molecule is CC(C)C(=O)NCC1CCCN(Cc2cc3ccccc3[nH]c2=O)C1. The summed E-state index contributed by atoms with van der Waals surface area (Å²) in [5, 5.41) is 4.10. The number of nitrogens with zero attached hydrogens (tertiary/aromatic N) is 1. The van der Waals surface area contributed by atoms with Gasteiger partial charge in [-0.1, -0.05) is 32.0 Å². The van der Waals surface area contributed by atoms with E-state index in [0.717, 1.165) is 48.9 Å². The minimum atomic E-state index is -0.00562. The maximum absolute atomic E-state index is 12.3. The molecular weight excluding hydrogens is 314 g/mol. The summed E-state index contributed by atoms with van der Waals surface area (Å²) in [4.78, 5) is 29.4. The maximum atomic E-state index is 12.3. The third kappa shape index (κ3) is 4.48. The Labute approximate surface area is 148 Å². The Morgan fingerprint density at radius 3 is 2.96 bits per heavy atom. The summed E-state index contributed by atoms with van der Waals surface area (Å²) >= 11 is 0. The van der Waals surface area contributed by atoms with Crippen molar-refractivity contribution >= 4 is 16.8 Å². The Kier molecular flexibility index (Phi) is 5.53. The predicted molar refractivity (Wildman–Crippen MR) is 100 cm³/mol. The van der Waals surface area contributed by atoms with E-state index in [4.69, 9.17) is 0 Å². The number of amides is 1. The molecule has 2 N–H and O–H groups in total. The zero-order valence-corrected chi connectivity index (χ0v) is 15.0. The number of para-hydroxylation sites is 1. The Morgan fingerprint density at radius 1 is 1.36 bits per heavy atom. The number of benzene rings is 1. The second kappa shape index (κ2) is 7.83. The quantitative estimate of drug-likeness (QED) is 0.878. The van der Waals surface area contributed by atoms with Crippen LogP contribution in [-0.2, 0) is 11.3 Å². The Bertz CT molecular complexity index is 797. The van der Waals surface area contributed by atoms with Gasteiger partial charge < -0.3 is 10.3 Å². The number of carbonyl (C=O) groups excluding carboxylic acids is 1. The van der Waals surface area contributed by atoms with Crippen molar-refractivity contribution < 1.29 is 4.79 Å². The van der Waals surface area contributed by atoms with Gasteiger partial charge in [-0.25, -0.2) is 0 Å². The first-order valence-electron chi connectivity index (χ1n) is 9.14. The molecule has 1 aliphatic heterocycles. The Balaban J connectivity index is 1.63. The first kappa shape index (κ1) is 17.7. The van der Waals surface area contributed by atoms with Crippen LogP contribution in [0.2, 0.25) is 0 Å². The van der Waals surface area contributed by atoms with Crippen molar-refractivity contribution in [1.29, 1.82) is 0 Å². The van der Waals surface area contributed by atoms with Gasteiger partial charge in [-0.15, -0.1) is 0 Å². The molecule has 1 amide bonds. The smallest absolute Gasteiger partial charge is 0.252 e. The fourth-order valence-electron chi connectivity index (χ4n) is 3.46. The first-order chi connectivity index (χ1) is 12.0. The molecular formula is C20H27N3O2. The number of fused-ring (bicyclic) bond motifs is 1. The lowest BCUT2D eigenvalue weighted by Crippen LogP contribution is -2.42. The van der Waals surface area contributed by atoms with Gasteiger partial charge in [0.1, 0.15) is 0 Å². The van der Waals surface area contributed by atoms with E-state index >= 15 is 0 Å². The highest BCUT2D eigenvalue weighted by Crippen LogP contribution is 2.18. The van der Waals surface area contributed by atoms with Gasteiger partial charge in [-0.05, 0) is 42.8 Å². The summed E-state index contributed by atoms with van der Waals surface area (Å²) in [6, 6.07) is 9.86. The molecule has 0 radical (unpaired) electrons. The van der Waals surface area contributed by atoms with Crippen LogP contribution in [0.15, 0.2) is 35.1 Å². The van der Waals surface area contributed by atoms with E-state index in [1.165, 1.54) is 0 Å². The number of hydrogen-bond acceptors (Lipinski definition) is 3. The van der Waals surface area contributed by atoms with E-state index in [2.05, 4.69) is 15.2 Å². The average molecular weight is 341 g/mol. The third-order valence-electron chi connectivity index (χ3n) is 4.92. The lowest BCUT2D eigenvalue weighted by atomic mass is 9.97. The summed E-state index contributed by atoms with van der Waals surface area (Å²) in [5.74, 6) is 0.593. The van der Waals surface area contributed by atoms with Gasteiger partial charge in [0, 0.05) is 36.6 Å². The van der Waals surface area contributed by atoms with Crippen LogP contribution in [0.25, 0.3) is 10.9 Å². The number of aromatic nitrogens is 1. The number of nitrogens with one attached hydrogen (secondary N) is 2. The molecule has 0 bridgehead atoms. The molecule has 1 atom stereocenters. The largest absolute Gasteiger partial charge is 0.356 e. The molecule has 1 unspecified atom stereocenters. The van der Waals surface area contributed by atoms with E-state index in [0.29, 0.717) is 12.5 Å². The Morgan fingerprint density at radius 2 is 2.16 bits per heavy atom. The van der Waals surface area contributed by atoms with E-state index in [1.807, 2.05) is 44.2 Å². The van der Waals surface area contributed by atoms with Crippen LogP contribution in [0.4, 0.5) is 0 Å². The standard InChI is InChI=1S/C20H27N3O2/c1-14(2)19(24)21-11-15-6-5-9-23(12-15)13-17-10-16-7-3-4-8-18(16)22-20(17)25/h3-4,7-8,10,14-15H,5-6,9,11-13H2,1-2H3,(H,21,24)(H,22,25). The van der Waals surface area contributed by atoms with Gasteiger partial charge >= 0.3 is 0 Å². The van der Waals surface area contributed by atoms with Crippen molar-refractivity contribution in [3.8, 4) is 0 Å². The molecule has 0 saturated carbocycles.